The van der Waals surface area contributed by atoms with Crippen molar-refractivity contribution in [2.45, 2.75) is 25.4 Å². The number of nitrogens with one attached hydrogen (secondary N) is 1. The molecule has 0 saturated carbocycles. The number of hydrogen-bond donors (Lipinski definition) is 1. The molecule has 5 heteroatoms. The van der Waals surface area contributed by atoms with Gasteiger partial charge in [0.1, 0.15) is 0 Å². The van der Waals surface area contributed by atoms with Crippen molar-refractivity contribution in [1.82, 2.24) is 10.3 Å². The van der Waals surface area contributed by atoms with Gasteiger partial charge in [-0.15, -0.1) is 0 Å². The maximum Gasteiger partial charge on any atom is 0.416 e. The minimum atomic E-state index is -4.28. The van der Waals surface area contributed by atoms with Crippen LogP contribution in [-0.2, 0) is 12.6 Å². The second-order valence-corrected chi connectivity index (χ2v) is 4.45. The molecular formula is C12H15F3N2. The second kappa shape index (κ2) is 5.04. The molecule has 2 rings (SSSR count). The van der Waals surface area contributed by atoms with Crippen molar-refractivity contribution in [3.63, 3.8) is 0 Å². The average Bonchev–Trinajstić information content (AvgIpc) is 2.29. The average molecular weight is 244 g/mol. The molecule has 1 atom stereocenters. The molecule has 0 radical (unpaired) electrons. The second-order valence-electron chi connectivity index (χ2n) is 4.45. The van der Waals surface area contributed by atoms with Gasteiger partial charge in [0.2, 0.25) is 0 Å². The van der Waals surface area contributed by atoms with Crippen molar-refractivity contribution in [1.29, 1.82) is 0 Å². The van der Waals surface area contributed by atoms with Gasteiger partial charge in [-0.1, -0.05) is 0 Å². The van der Waals surface area contributed by atoms with Crippen molar-refractivity contribution in [2.24, 2.45) is 5.92 Å². The van der Waals surface area contributed by atoms with E-state index in [-0.39, 0.29) is 0 Å². The monoisotopic (exact) mass is 244 g/mol. The zero-order valence-corrected chi connectivity index (χ0v) is 9.43. The summed E-state index contributed by atoms with van der Waals surface area (Å²) in [7, 11) is 0. The van der Waals surface area contributed by atoms with Gasteiger partial charge in [-0.3, -0.25) is 4.98 Å². The predicted molar refractivity (Wildman–Crippen MR) is 58.5 cm³/mol. The maximum atomic E-state index is 12.5. The molecule has 94 valence electrons. The number of alkyl halides is 3. The van der Waals surface area contributed by atoms with Crippen LogP contribution in [0.4, 0.5) is 13.2 Å². The molecule has 1 N–H and O–H groups in total. The molecule has 17 heavy (non-hydrogen) atoms. The third-order valence-corrected chi connectivity index (χ3v) is 3.04. The first-order valence-electron chi connectivity index (χ1n) is 5.78. The lowest BCUT2D eigenvalue weighted by Crippen LogP contribution is -2.31. The first kappa shape index (κ1) is 12.4. The third-order valence-electron chi connectivity index (χ3n) is 3.04. The van der Waals surface area contributed by atoms with Crippen LogP contribution in [0, 0.1) is 5.92 Å². The van der Waals surface area contributed by atoms with Crippen LogP contribution < -0.4 is 5.32 Å². The SMILES string of the molecule is FC(F)(F)c1ccnc(CC2CCCNC2)c1. The fourth-order valence-electron chi connectivity index (χ4n) is 2.16. The van der Waals surface area contributed by atoms with Crippen LogP contribution in [0.5, 0.6) is 0 Å². The Hall–Kier alpha value is -1.10. The summed E-state index contributed by atoms with van der Waals surface area (Å²) < 4.78 is 37.5. The Balaban J connectivity index is 2.05. The van der Waals surface area contributed by atoms with Gasteiger partial charge in [-0.05, 0) is 50.4 Å². The Labute approximate surface area is 98.2 Å². The van der Waals surface area contributed by atoms with E-state index in [2.05, 4.69) is 10.3 Å². The normalized spacial score (nSPS) is 21.5. The van der Waals surface area contributed by atoms with E-state index in [1.807, 2.05) is 0 Å². The van der Waals surface area contributed by atoms with Gasteiger partial charge in [0, 0.05) is 11.9 Å². The molecule has 1 saturated heterocycles. The highest BCUT2D eigenvalue weighted by molar-refractivity contribution is 5.19. The summed E-state index contributed by atoms with van der Waals surface area (Å²) in [6, 6.07) is 2.18. The number of hydrogen-bond acceptors (Lipinski definition) is 2. The molecule has 1 aliphatic heterocycles. The van der Waals surface area contributed by atoms with E-state index in [0.717, 1.165) is 38.1 Å². The summed E-state index contributed by atoms with van der Waals surface area (Å²) in [6.45, 7) is 1.88. The zero-order valence-electron chi connectivity index (χ0n) is 9.43. The molecule has 0 aliphatic carbocycles. The summed E-state index contributed by atoms with van der Waals surface area (Å²) in [5.74, 6) is 0.403. The fourth-order valence-corrected chi connectivity index (χ4v) is 2.16. The van der Waals surface area contributed by atoms with Crippen LogP contribution in [0.3, 0.4) is 0 Å². The lowest BCUT2D eigenvalue weighted by Gasteiger charge is -2.22. The van der Waals surface area contributed by atoms with Gasteiger partial charge in [-0.25, -0.2) is 0 Å². The first-order valence-corrected chi connectivity index (χ1v) is 5.78. The lowest BCUT2D eigenvalue weighted by atomic mass is 9.94. The Bertz CT molecular complexity index is 370. The maximum absolute atomic E-state index is 12.5. The van der Waals surface area contributed by atoms with Gasteiger partial charge < -0.3 is 5.32 Å². The molecule has 2 nitrogen and oxygen atoms in total. The van der Waals surface area contributed by atoms with Crippen LogP contribution in [0.25, 0.3) is 0 Å². The molecule has 1 unspecified atom stereocenters. The van der Waals surface area contributed by atoms with E-state index in [1.165, 1.54) is 6.20 Å². The number of rotatable bonds is 2. The van der Waals surface area contributed by atoms with E-state index in [0.29, 0.717) is 18.0 Å². The molecule has 2 heterocycles. The summed E-state index contributed by atoms with van der Waals surface area (Å²) in [4.78, 5) is 4.02. The Kier molecular flexibility index (Phi) is 3.66. The largest absolute Gasteiger partial charge is 0.416 e. The number of halogens is 3. The van der Waals surface area contributed by atoms with Crippen LogP contribution in [0.2, 0.25) is 0 Å². The number of aromatic nitrogens is 1. The molecule has 1 aromatic heterocycles. The summed E-state index contributed by atoms with van der Waals surface area (Å²) in [6.07, 6.45) is -0.262. The third kappa shape index (κ3) is 3.43. The van der Waals surface area contributed by atoms with Crippen molar-refractivity contribution in [3.8, 4) is 0 Å². The zero-order chi connectivity index (χ0) is 12.3. The number of piperidine rings is 1. The molecule has 0 spiro atoms. The smallest absolute Gasteiger partial charge is 0.316 e. The van der Waals surface area contributed by atoms with Crippen molar-refractivity contribution in [2.75, 3.05) is 13.1 Å². The van der Waals surface area contributed by atoms with Gasteiger partial charge in [0.05, 0.1) is 5.56 Å². The van der Waals surface area contributed by atoms with Crippen LogP contribution in [-0.4, -0.2) is 18.1 Å². The number of nitrogens with zero attached hydrogens (tertiary/aromatic N) is 1. The summed E-state index contributed by atoms with van der Waals surface area (Å²) in [5.41, 5.74) is -0.0696. The Morgan fingerprint density at radius 3 is 2.88 bits per heavy atom. The molecule has 0 bridgehead atoms. The number of pyridine rings is 1. The van der Waals surface area contributed by atoms with Crippen LogP contribution >= 0.6 is 0 Å². The van der Waals surface area contributed by atoms with E-state index in [4.69, 9.17) is 0 Å². The van der Waals surface area contributed by atoms with E-state index < -0.39 is 11.7 Å². The van der Waals surface area contributed by atoms with E-state index in [1.54, 1.807) is 0 Å². The topological polar surface area (TPSA) is 24.9 Å². The standard InChI is InChI=1S/C12H15F3N2/c13-12(14,15)10-3-5-17-11(7-10)6-9-2-1-4-16-8-9/h3,5,7,9,16H,1-2,4,6,8H2. The molecule has 0 amide bonds. The quantitative estimate of drug-likeness (QED) is 0.865. The molecule has 1 aliphatic rings. The minimum absolute atomic E-state index is 0.403. The lowest BCUT2D eigenvalue weighted by molar-refractivity contribution is -0.137. The van der Waals surface area contributed by atoms with Crippen molar-refractivity contribution < 1.29 is 13.2 Å². The molecule has 1 fully saturated rings. The van der Waals surface area contributed by atoms with Crippen molar-refractivity contribution in [3.05, 3.63) is 29.6 Å². The summed E-state index contributed by atoms with van der Waals surface area (Å²) in [5, 5.41) is 3.25. The van der Waals surface area contributed by atoms with Crippen molar-refractivity contribution >= 4 is 0 Å². The Morgan fingerprint density at radius 2 is 2.24 bits per heavy atom. The van der Waals surface area contributed by atoms with Gasteiger partial charge >= 0.3 is 6.18 Å². The Morgan fingerprint density at radius 1 is 1.41 bits per heavy atom. The van der Waals surface area contributed by atoms with E-state index >= 15 is 0 Å². The highest BCUT2D eigenvalue weighted by atomic mass is 19.4. The van der Waals surface area contributed by atoms with E-state index in [9.17, 15) is 13.2 Å². The predicted octanol–water partition coefficient (Wildman–Crippen LogP) is 2.64. The highest BCUT2D eigenvalue weighted by Gasteiger charge is 2.30. The fraction of sp³-hybridized carbons (Fsp3) is 0.583. The molecular weight excluding hydrogens is 229 g/mol. The van der Waals surface area contributed by atoms with Crippen LogP contribution in [0.15, 0.2) is 18.3 Å². The van der Waals surface area contributed by atoms with Gasteiger partial charge in [0.25, 0.3) is 0 Å². The first-order chi connectivity index (χ1) is 8.05. The van der Waals surface area contributed by atoms with Gasteiger partial charge in [0.15, 0.2) is 0 Å². The van der Waals surface area contributed by atoms with Gasteiger partial charge in [-0.2, -0.15) is 13.2 Å². The summed E-state index contributed by atoms with van der Waals surface area (Å²) >= 11 is 0. The molecule has 0 aromatic carbocycles. The highest BCUT2D eigenvalue weighted by Crippen LogP contribution is 2.29. The minimum Gasteiger partial charge on any atom is -0.316 e. The molecule has 1 aromatic rings. The van der Waals surface area contributed by atoms with Crippen LogP contribution in [0.1, 0.15) is 24.1 Å².